The van der Waals surface area contributed by atoms with Crippen molar-refractivity contribution >= 4 is 28.8 Å². The fourth-order valence-corrected chi connectivity index (χ4v) is 8.97. The Kier molecular flexibility index (Phi) is 5.02. The third-order valence-corrected chi connectivity index (χ3v) is 10.6. The predicted molar refractivity (Wildman–Crippen MR) is 124 cm³/mol. The third-order valence-electron chi connectivity index (χ3n) is 5.84. The maximum atomic E-state index is 2.42. The zero-order valence-electron chi connectivity index (χ0n) is 16.8. The van der Waals surface area contributed by atoms with E-state index < -0.39 is 8.07 Å². The summed E-state index contributed by atoms with van der Waals surface area (Å²) in [4.78, 5) is 0. The molecule has 0 fully saturated rings. The van der Waals surface area contributed by atoms with Crippen LogP contribution < -0.4 is 20.7 Å². The zero-order valence-corrected chi connectivity index (χ0v) is 17.8. The van der Waals surface area contributed by atoms with Crippen LogP contribution in [-0.2, 0) is 0 Å². The lowest BCUT2D eigenvalue weighted by molar-refractivity contribution is 1.35. The molecule has 0 bridgehead atoms. The highest BCUT2D eigenvalue weighted by Crippen LogP contribution is 2.13. The van der Waals surface area contributed by atoms with E-state index in [9.17, 15) is 0 Å². The molecule has 0 N–H and O–H groups in total. The van der Waals surface area contributed by atoms with E-state index in [0.717, 1.165) is 0 Å². The Morgan fingerprint density at radius 2 is 0.893 bits per heavy atom. The van der Waals surface area contributed by atoms with Gasteiger partial charge < -0.3 is 0 Å². The fourth-order valence-electron chi connectivity index (χ4n) is 4.15. The molecule has 0 saturated heterocycles. The summed E-state index contributed by atoms with van der Waals surface area (Å²) < 4.78 is 0. The van der Waals surface area contributed by atoms with Gasteiger partial charge in [0.1, 0.15) is 0 Å². The molecule has 1 heteroatoms. The van der Waals surface area contributed by atoms with Crippen molar-refractivity contribution in [2.45, 2.75) is 20.8 Å². The molecule has 138 valence electrons. The van der Waals surface area contributed by atoms with Crippen LogP contribution in [-0.4, -0.2) is 8.07 Å². The monoisotopic (exact) mass is 378 g/mol. The number of hydrogen-bond donors (Lipinski definition) is 0. The average molecular weight is 379 g/mol. The first kappa shape index (κ1) is 18.5. The van der Waals surface area contributed by atoms with Crippen LogP contribution in [0.3, 0.4) is 0 Å². The molecule has 0 nitrogen and oxygen atoms in total. The van der Waals surface area contributed by atoms with Crippen LogP contribution in [0.1, 0.15) is 16.7 Å². The van der Waals surface area contributed by atoms with Gasteiger partial charge in [0.15, 0.2) is 8.07 Å². The van der Waals surface area contributed by atoms with Crippen molar-refractivity contribution in [2.24, 2.45) is 0 Å². The van der Waals surface area contributed by atoms with Crippen molar-refractivity contribution in [3.8, 4) is 0 Å². The lowest BCUT2D eigenvalue weighted by Gasteiger charge is -2.35. The van der Waals surface area contributed by atoms with Crippen LogP contribution in [0.4, 0.5) is 0 Å². The van der Waals surface area contributed by atoms with E-state index in [4.69, 9.17) is 0 Å². The summed E-state index contributed by atoms with van der Waals surface area (Å²) in [6.45, 7) is 6.58. The summed E-state index contributed by atoms with van der Waals surface area (Å²) in [5.74, 6) is 0. The van der Waals surface area contributed by atoms with Crippen molar-refractivity contribution in [3.63, 3.8) is 0 Å². The maximum absolute atomic E-state index is 2.42. The Morgan fingerprint density at radius 1 is 0.429 bits per heavy atom. The molecule has 0 radical (unpaired) electrons. The van der Waals surface area contributed by atoms with Gasteiger partial charge in [-0.1, -0.05) is 109 Å². The summed E-state index contributed by atoms with van der Waals surface area (Å²) in [6.07, 6.45) is 0. The van der Waals surface area contributed by atoms with Crippen LogP contribution in [0, 0.1) is 20.8 Å². The Balaban J connectivity index is 2.14. The summed E-state index contributed by atoms with van der Waals surface area (Å²) in [7, 11) is -2.38. The van der Waals surface area contributed by atoms with Crippen LogP contribution in [0.5, 0.6) is 0 Å². The van der Waals surface area contributed by atoms with E-state index in [1.807, 2.05) is 0 Å². The van der Waals surface area contributed by atoms with E-state index in [1.54, 1.807) is 0 Å². The smallest absolute Gasteiger partial charge is 0.0623 e. The van der Waals surface area contributed by atoms with Crippen molar-refractivity contribution in [1.82, 2.24) is 0 Å². The van der Waals surface area contributed by atoms with E-state index in [2.05, 4.69) is 124 Å². The van der Waals surface area contributed by atoms with Gasteiger partial charge in [0.2, 0.25) is 0 Å². The largest absolute Gasteiger partial charge is 0.179 e. The molecule has 0 aromatic heterocycles. The van der Waals surface area contributed by atoms with Gasteiger partial charge in [-0.3, -0.25) is 0 Å². The molecule has 0 unspecified atom stereocenters. The fraction of sp³-hybridized carbons (Fsp3) is 0.111. The highest BCUT2D eigenvalue weighted by Gasteiger charge is 2.41. The molecule has 0 aliphatic heterocycles. The molecule has 4 rings (SSSR count). The molecule has 0 aliphatic carbocycles. The summed E-state index contributed by atoms with van der Waals surface area (Å²) >= 11 is 0. The topological polar surface area (TPSA) is 0 Å². The van der Waals surface area contributed by atoms with Gasteiger partial charge in [-0.05, 0) is 52.6 Å². The minimum absolute atomic E-state index is 1.30. The Bertz CT molecular complexity index is 1020. The second-order valence-electron chi connectivity index (χ2n) is 7.65. The van der Waals surface area contributed by atoms with Crippen LogP contribution in [0.2, 0.25) is 0 Å². The molecule has 4 aromatic rings. The molecule has 0 amide bonds. The molecule has 0 spiro atoms. The standard InChI is InChI=1S/C27H26Si/c1-21-14-17-26(18-15-21)28(24-10-6-4-7-11-24,25-12-8-5-9-13-25)27-19-16-22(2)23(3)20-27/h4-20H,1-3H3. The Labute approximate surface area is 169 Å². The molecule has 0 heterocycles. The molecule has 0 atom stereocenters. The molecule has 0 saturated carbocycles. The number of aryl methyl sites for hydroxylation is 3. The quantitative estimate of drug-likeness (QED) is 0.372. The summed E-state index contributed by atoms with van der Waals surface area (Å²) in [5.41, 5.74) is 4.00. The zero-order chi connectivity index (χ0) is 19.6. The van der Waals surface area contributed by atoms with Crippen LogP contribution in [0.25, 0.3) is 0 Å². The van der Waals surface area contributed by atoms with Gasteiger partial charge in [-0.15, -0.1) is 0 Å². The average Bonchev–Trinajstić information content (AvgIpc) is 2.74. The predicted octanol–water partition coefficient (Wildman–Crippen LogP) is 3.99. The highest BCUT2D eigenvalue weighted by molar-refractivity contribution is 7.19. The lowest BCUT2D eigenvalue weighted by Crippen LogP contribution is -2.74. The van der Waals surface area contributed by atoms with Gasteiger partial charge >= 0.3 is 0 Å². The maximum Gasteiger partial charge on any atom is 0.179 e. The van der Waals surface area contributed by atoms with Crippen molar-refractivity contribution < 1.29 is 0 Å². The van der Waals surface area contributed by atoms with Gasteiger partial charge in [0, 0.05) is 0 Å². The van der Waals surface area contributed by atoms with Crippen LogP contribution in [0.15, 0.2) is 103 Å². The minimum atomic E-state index is -2.38. The first-order valence-corrected chi connectivity index (χ1v) is 11.9. The summed E-state index contributed by atoms with van der Waals surface area (Å²) in [5, 5.41) is 5.72. The SMILES string of the molecule is Cc1ccc([Si](c2ccccc2)(c2ccccc2)c2ccc(C)c(C)c2)cc1. The van der Waals surface area contributed by atoms with E-state index in [-0.39, 0.29) is 0 Å². The second-order valence-corrected chi connectivity index (χ2v) is 11.5. The van der Waals surface area contributed by atoms with E-state index in [0.29, 0.717) is 0 Å². The molecular weight excluding hydrogens is 352 g/mol. The number of benzene rings is 4. The molecular formula is C27H26Si. The second kappa shape index (κ2) is 7.61. The van der Waals surface area contributed by atoms with E-state index in [1.165, 1.54) is 37.4 Å². The minimum Gasteiger partial charge on any atom is -0.0623 e. The van der Waals surface area contributed by atoms with Gasteiger partial charge in [0.05, 0.1) is 0 Å². The molecule has 4 aromatic carbocycles. The third kappa shape index (κ3) is 3.12. The highest BCUT2D eigenvalue weighted by atomic mass is 28.3. The van der Waals surface area contributed by atoms with Crippen molar-refractivity contribution in [1.29, 1.82) is 0 Å². The van der Waals surface area contributed by atoms with Gasteiger partial charge in [-0.2, -0.15) is 0 Å². The Morgan fingerprint density at radius 3 is 1.39 bits per heavy atom. The van der Waals surface area contributed by atoms with Crippen molar-refractivity contribution in [2.75, 3.05) is 0 Å². The summed E-state index contributed by atoms with van der Waals surface area (Å²) in [6, 6.07) is 38.4. The van der Waals surface area contributed by atoms with Gasteiger partial charge in [0.25, 0.3) is 0 Å². The first-order valence-electron chi connectivity index (χ1n) is 9.88. The van der Waals surface area contributed by atoms with Gasteiger partial charge in [-0.25, -0.2) is 0 Å². The lowest BCUT2D eigenvalue weighted by atomic mass is 10.1. The van der Waals surface area contributed by atoms with E-state index >= 15 is 0 Å². The van der Waals surface area contributed by atoms with Crippen LogP contribution >= 0.6 is 0 Å². The normalized spacial score (nSPS) is 11.4. The Hall–Kier alpha value is -2.90. The molecule has 28 heavy (non-hydrogen) atoms. The van der Waals surface area contributed by atoms with Crippen molar-refractivity contribution in [3.05, 3.63) is 120 Å². The molecule has 0 aliphatic rings. The number of rotatable bonds is 4. The first-order chi connectivity index (χ1) is 13.6. The number of hydrogen-bond acceptors (Lipinski definition) is 0.